The third-order valence-corrected chi connectivity index (χ3v) is 7.24. The predicted molar refractivity (Wildman–Crippen MR) is 154 cm³/mol. The number of anilines is 2. The molecule has 0 bridgehead atoms. The standard InChI is InChI=1S/C28H24Cl2N8O/c29-18-8-10-20(11-9-18)38-25(21-5-1-2-6-22(21)30)36-24-26(32-17-33-27(24)38)37-15-12-19(13-16-37)34-28(39)35-23-7-3-4-14-31-23/h1-11,14,17,19H,12-13,15-16H2,(H2,31,34,35,39). The van der Waals surface area contributed by atoms with Gasteiger partial charge in [0.05, 0.1) is 5.02 Å². The van der Waals surface area contributed by atoms with Crippen LogP contribution in [-0.2, 0) is 0 Å². The molecule has 6 rings (SSSR count). The highest BCUT2D eigenvalue weighted by atomic mass is 35.5. The number of imidazole rings is 1. The number of aromatic nitrogens is 5. The number of piperidine rings is 1. The van der Waals surface area contributed by atoms with E-state index in [4.69, 9.17) is 28.2 Å². The number of nitrogens with zero attached hydrogens (tertiary/aromatic N) is 6. The van der Waals surface area contributed by atoms with Crippen LogP contribution in [0.2, 0.25) is 10.0 Å². The summed E-state index contributed by atoms with van der Waals surface area (Å²) in [6.45, 7) is 1.41. The number of hydrogen-bond donors (Lipinski definition) is 2. The van der Waals surface area contributed by atoms with Gasteiger partial charge in [0.15, 0.2) is 17.0 Å². The molecule has 1 saturated heterocycles. The lowest BCUT2D eigenvalue weighted by molar-refractivity contribution is 0.246. The van der Waals surface area contributed by atoms with Gasteiger partial charge in [-0.1, -0.05) is 41.4 Å². The maximum Gasteiger partial charge on any atom is 0.320 e. The molecule has 2 amide bonds. The minimum Gasteiger partial charge on any atom is -0.355 e. The SMILES string of the molecule is O=C(Nc1ccccn1)NC1CCN(c2ncnc3c2nc(-c2ccccc2Cl)n3-c2ccc(Cl)cc2)CC1. The Balaban J connectivity index is 1.28. The summed E-state index contributed by atoms with van der Waals surface area (Å²) in [5, 5.41) is 7.06. The number of rotatable bonds is 5. The van der Waals surface area contributed by atoms with Gasteiger partial charge in [-0.2, -0.15) is 0 Å². The highest BCUT2D eigenvalue weighted by Gasteiger charge is 2.26. The van der Waals surface area contributed by atoms with Gasteiger partial charge < -0.3 is 10.2 Å². The molecule has 1 aliphatic rings. The van der Waals surface area contributed by atoms with Gasteiger partial charge in [-0.15, -0.1) is 0 Å². The molecule has 0 unspecified atom stereocenters. The lowest BCUT2D eigenvalue weighted by Gasteiger charge is -2.33. The Kier molecular flexibility index (Phi) is 7.00. The molecule has 3 aromatic heterocycles. The van der Waals surface area contributed by atoms with E-state index in [1.807, 2.05) is 59.2 Å². The van der Waals surface area contributed by atoms with Gasteiger partial charge in [-0.05, 0) is 61.4 Å². The van der Waals surface area contributed by atoms with E-state index in [1.54, 1.807) is 24.7 Å². The fraction of sp³-hybridized carbons (Fsp3) is 0.179. The van der Waals surface area contributed by atoms with Crippen molar-refractivity contribution in [3.63, 3.8) is 0 Å². The molecule has 11 heteroatoms. The quantitative estimate of drug-likeness (QED) is 0.275. The average Bonchev–Trinajstić information content (AvgIpc) is 3.34. The molecular formula is C28H24Cl2N8O. The first-order valence-electron chi connectivity index (χ1n) is 12.5. The van der Waals surface area contributed by atoms with Crippen molar-refractivity contribution in [2.45, 2.75) is 18.9 Å². The van der Waals surface area contributed by atoms with Crippen LogP contribution in [0.5, 0.6) is 0 Å². The first-order valence-corrected chi connectivity index (χ1v) is 13.3. The van der Waals surface area contributed by atoms with Crippen LogP contribution in [0.1, 0.15) is 12.8 Å². The molecule has 1 aliphatic heterocycles. The topological polar surface area (TPSA) is 101 Å². The van der Waals surface area contributed by atoms with Crippen LogP contribution < -0.4 is 15.5 Å². The average molecular weight is 559 g/mol. The van der Waals surface area contributed by atoms with Crippen LogP contribution in [0.25, 0.3) is 28.2 Å². The smallest absolute Gasteiger partial charge is 0.320 e. The molecule has 2 N–H and O–H groups in total. The van der Waals surface area contributed by atoms with Crippen molar-refractivity contribution in [3.05, 3.63) is 89.3 Å². The van der Waals surface area contributed by atoms with Crippen molar-refractivity contribution in [1.29, 1.82) is 0 Å². The Bertz CT molecular complexity index is 1620. The number of hydrogen-bond acceptors (Lipinski definition) is 6. The molecular weight excluding hydrogens is 535 g/mol. The van der Waals surface area contributed by atoms with Gasteiger partial charge in [0.2, 0.25) is 0 Å². The van der Waals surface area contributed by atoms with E-state index >= 15 is 0 Å². The third-order valence-electron chi connectivity index (χ3n) is 6.66. The number of benzene rings is 2. The molecule has 0 radical (unpaired) electrons. The number of amides is 2. The number of fused-ring (bicyclic) bond motifs is 1. The minimum atomic E-state index is -0.261. The molecule has 0 atom stereocenters. The first kappa shape index (κ1) is 25.1. The van der Waals surface area contributed by atoms with Crippen LogP contribution in [0.4, 0.5) is 16.4 Å². The summed E-state index contributed by atoms with van der Waals surface area (Å²) in [6.07, 6.45) is 4.72. The second kappa shape index (κ2) is 10.9. The maximum absolute atomic E-state index is 12.4. The Morgan fingerprint density at radius 3 is 2.41 bits per heavy atom. The van der Waals surface area contributed by atoms with Gasteiger partial charge in [0.25, 0.3) is 0 Å². The highest BCUT2D eigenvalue weighted by Crippen LogP contribution is 2.35. The van der Waals surface area contributed by atoms with Crippen LogP contribution in [-0.4, -0.2) is 49.7 Å². The van der Waals surface area contributed by atoms with Crippen molar-refractivity contribution >= 4 is 52.0 Å². The van der Waals surface area contributed by atoms with Gasteiger partial charge in [0, 0.05) is 41.6 Å². The molecule has 196 valence electrons. The first-order chi connectivity index (χ1) is 19.1. The van der Waals surface area contributed by atoms with E-state index < -0.39 is 0 Å². The summed E-state index contributed by atoms with van der Waals surface area (Å²) in [5.74, 6) is 1.93. The molecule has 0 saturated carbocycles. The summed E-state index contributed by atoms with van der Waals surface area (Å²) < 4.78 is 1.98. The third kappa shape index (κ3) is 5.23. The maximum atomic E-state index is 12.4. The normalized spacial score (nSPS) is 13.9. The van der Waals surface area contributed by atoms with Gasteiger partial charge >= 0.3 is 6.03 Å². The van der Waals surface area contributed by atoms with E-state index in [2.05, 4.69) is 30.5 Å². The fourth-order valence-corrected chi connectivity index (χ4v) is 5.13. The predicted octanol–water partition coefficient (Wildman–Crippen LogP) is 5.97. The lowest BCUT2D eigenvalue weighted by Crippen LogP contribution is -2.46. The Morgan fingerprint density at radius 2 is 1.67 bits per heavy atom. The zero-order valence-electron chi connectivity index (χ0n) is 20.8. The second-order valence-corrected chi connectivity index (χ2v) is 10.0. The summed E-state index contributed by atoms with van der Waals surface area (Å²) in [6, 6.07) is 20.3. The van der Waals surface area contributed by atoms with Gasteiger partial charge in [0.1, 0.15) is 18.0 Å². The lowest BCUT2D eigenvalue weighted by atomic mass is 10.1. The van der Waals surface area contributed by atoms with Crippen LogP contribution in [0.3, 0.4) is 0 Å². The van der Waals surface area contributed by atoms with E-state index in [0.717, 1.165) is 29.9 Å². The van der Waals surface area contributed by atoms with Crippen molar-refractivity contribution < 1.29 is 4.79 Å². The Hall–Kier alpha value is -4.21. The van der Waals surface area contributed by atoms with Crippen LogP contribution in [0, 0.1) is 0 Å². The molecule has 4 heterocycles. The molecule has 39 heavy (non-hydrogen) atoms. The van der Waals surface area contributed by atoms with Crippen molar-refractivity contribution in [1.82, 2.24) is 29.8 Å². The molecule has 0 spiro atoms. The zero-order valence-corrected chi connectivity index (χ0v) is 22.3. The molecule has 1 fully saturated rings. The molecule has 2 aromatic carbocycles. The minimum absolute atomic E-state index is 0.0348. The summed E-state index contributed by atoms with van der Waals surface area (Å²) in [4.78, 5) is 33.0. The van der Waals surface area contributed by atoms with Crippen LogP contribution >= 0.6 is 23.2 Å². The fourth-order valence-electron chi connectivity index (χ4n) is 4.78. The van der Waals surface area contributed by atoms with Crippen molar-refractivity contribution in [2.24, 2.45) is 0 Å². The van der Waals surface area contributed by atoms with Gasteiger partial charge in [-0.25, -0.2) is 24.7 Å². The highest BCUT2D eigenvalue weighted by molar-refractivity contribution is 6.33. The Labute approximate surface area is 234 Å². The van der Waals surface area contributed by atoms with Crippen LogP contribution in [0.15, 0.2) is 79.3 Å². The zero-order chi connectivity index (χ0) is 26.8. The largest absolute Gasteiger partial charge is 0.355 e. The van der Waals surface area contributed by atoms with E-state index in [1.165, 1.54) is 0 Å². The number of urea groups is 1. The van der Waals surface area contributed by atoms with Crippen molar-refractivity contribution in [2.75, 3.05) is 23.3 Å². The number of carbonyl (C=O) groups is 1. The molecule has 5 aromatic rings. The second-order valence-electron chi connectivity index (χ2n) is 9.17. The molecule has 9 nitrogen and oxygen atoms in total. The van der Waals surface area contributed by atoms with E-state index in [0.29, 0.717) is 45.9 Å². The van der Waals surface area contributed by atoms with E-state index in [9.17, 15) is 4.79 Å². The summed E-state index contributed by atoms with van der Waals surface area (Å²) in [5.41, 5.74) is 3.01. The number of pyridine rings is 1. The monoisotopic (exact) mass is 558 g/mol. The van der Waals surface area contributed by atoms with Gasteiger partial charge in [-0.3, -0.25) is 9.88 Å². The Morgan fingerprint density at radius 1 is 0.897 bits per heavy atom. The summed E-state index contributed by atoms with van der Waals surface area (Å²) in [7, 11) is 0. The van der Waals surface area contributed by atoms with Crippen molar-refractivity contribution in [3.8, 4) is 17.1 Å². The number of nitrogens with one attached hydrogen (secondary N) is 2. The molecule has 0 aliphatic carbocycles. The summed E-state index contributed by atoms with van der Waals surface area (Å²) >= 11 is 12.8. The number of halogens is 2. The number of carbonyl (C=O) groups excluding carboxylic acids is 1. The van der Waals surface area contributed by atoms with E-state index in [-0.39, 0.29) is 12.1 Å².